The van der Waals surface area contributed by atoms with Crippen molar-refractivity contribution in [3.63, 3.8) is 0 Å². The molecule has 1 rings (SSSR count). The van der Waals surface area contributed by atoms with E-state index in [9.17, 15) is 4.79 Å². The third kappa shape index (κ3) is 4.66. The van der Waals surface area contributed by atoms with E-state index in [0.29, 0.717) is 29.7 Å². The lowest BCUT2D eigenvalue weighted by Gasteiger charge is -2.38. The van der Waals surface area contributed by atoms with Crippen molar-refractivity contribution >= 4 is 5.91 Å². The molecule has 1 aliphatic rings. The summed E-state index contributed by atoms with van der Waals surface area (Å²) < 4.78 is 0. The van der Waals surface area contributed by atoms with E-state index >= 15 is 0 Å². The lowest BCUT2D eigenvalue weighted by atomic mass is 9.84. The van der Waals surface area contributed by atoms with Crippen LogP contribution < -0.4 is 5.32 Å². The zero-order chi connectivity index (χ0) is 13.1. The van der Waals surface area contributed by atoms with Crippen LogP contribution in [0.1, 0.15) is 47.5 Å². The lowest BCUT2D eigenvalue weighted by Crippen LogP contribution is -2.58. The van der Waals surface area contributed by atoms with E-state index in [2.05, 4.69) is 39.9 Å². The van der Waals surface area contributed by atoms with Crippen LogP contribution in [0.5, 0.6) is 0 Å². The van der Waals surface area contributed by atoms with Gasteiger partial charge in [-0.05, 0) is 24.7 Å². The molecule has 3 nitrogen and oxygen atoms in total. The average molecular weight is 240 g/mol. The minimum absolute atomic E-state index is 0.314. The number of rotatable bonds is 5. The lowest BCUT2D eigenvalue weighted by molar-refractivity contribution is -0.135. The van der Waals surface area contributed by atoms with Crippen LogP contribution in [0, 0.1) is 11.3 Å². The van der Waals surface area contributed by atoms with Gasteiger partial charge >= 0.3 is 0 Å². The van der Waals surface area contributed by atoms with Gasteiger partial charge < -0.3 is 10.2 Å². The Morgan fingerprint density at radius 3 is 2.35 bits per heavy atom. The molecular formula is C14H28N2O. The molecule has 0 spiro atoms. The van der Waals surface area contributed by atoms with Crippen LogP contribution in [0.4, 0.5) is 0 Å². The van der Waals surface area contributed by atoms with Crippen molar-refractivity contribution < 1.29 is 4.79 Å². The predicted molar refractivity (Wildman–Crippen MR) is 71.9 cm³/mol. The monoisotopic (exact) mass is 240 g/mol. The molecule has 0 bridgehead atoms. The number of likely N-dealkylation sites (N-methyl/N-ethyl adjacent to an activating group) is 1. The van der Waals surface area contributed by atoms with Gasteiger partial charge in [-0.1, -0.05) is 27.7 Å². The Hall–Kier alpha value is -0.570. The second-order valence-corrected chi connectivity index (χ2v) is 6.57. The molecule has 1 unspecified atom stereocenters. The molecule has 0 aliphatic carbocycles. The van der Waals surface area contributed by atoms with Gasteiger partial charge in [0.2, 0.25) is 5.91 Å². The van der Waals surface area contributed by atoms with Crippen LogP contribution in [0.25, 0.3) is 0 Å². The Bertz CT molecular complexity index is 253. The van der Waals surface area contributed by atoms with Gasteiger partial charge in [0, 0.05) is 26.1 Å². The number of carbonyl (C=O) groups excluding carboxylic acids is 1. The van der Waals surface area contributed by atoms with Crippen molar-refractivity contribution in [2.75, 3.05) is 19.6 Å². The standard InChI is InChI=1S/C14H28N2O/c1-6-16(12-9-15-10-12)13(17)7-11(2)8-14(3,4)5/h11-12,15H,6-10H2,1-5H3. The first-order chi connectivity index (χ1) is 7.83. The maximum atomic E-state index is 12.2. The van der Waals surface area contributed by atoms with Crippen LogP contribution in [0.2, 0.25) is 0 Å². The second kappa shape index (κ2) is 5.85. The number of amides is 1. The Kier molecular flexibility index (Phi) is 4.99. The van der Waals surface area contributed by atoms with E-state index in [1.807, 2.05) is 4.90 Å². The first kappa shape index (κ1) is 14.5. The average Bonchev–Trinajstić information content (AvgIpc) is 2.06. The molecule has 1 atom stereocenters. The van der Waals surface area contributed by atoms with E-state index in [4.69, 9.17) is 0 Å². The van der Waals surface area contributed by atoms with E-state index in [1.54, 1.807) is 0 Å². The Morgan fingerprint density at radius 2 is 2.00 bits per heavy atom. The summed E-state index contributed by atoms with van der Waals surface area (Å²) in [5.74, 6) is 0.806. The highest BCUT2D eigenvalue weighted by atomic mass is 16.2. The summed E-state index contributed by atoms with van der Waals surface area (Å²) in [7, 11) is 0. The van der Waals surface area contributed by atoms with Gasteiger partial charge in [0.15, 0.2) is 0 Å². The summed E-state index contributed by atoms with van der Waals surface area (Å²) in [6, 6.07) is 0.439. The van der Waals surface area contributed by atoms with Gasteiger partial charge in [-0.2, -0.15) is 0 Å². The Morgan fingerprint density at radius 1 is 1.41 bits per heavy atom. The molecule has 1 heterocycles. The van der Waals surface area contributed by atoms with Crippen LogP contribution in [0.15, 0.2) is 0 Å². The summed E-state index contributed by atoms with van der Waals surface area (Å²) in [4.78, 5) is 14.2. The van der Waals surface area contributed by atoms with Crippen molar-refractivity contribution in [3.8, 4) is 0 Å². The quantitative estimate of drug-likeness (QED) is 0.799. The summed E-state index contributed by atoms with van der Waals surface area (Å²) in [5.41, 5.74) is 0.314. The molecule has 17 heavy (non-hydrogen) atoms. The van der Waals surface area contributed by atoms with Crippen LogP contribution in [0.3, 0.4) is 0 Å². The van der Waals surface area contributed by atoms with E-state index in [1.165, 1.54) is 0 Å². The van der Waals surface area contributed by atoms with E-state index in [0.717, 1.165) is 26.1 Å². The number of nitrogens with zero attached hydrogens (tertiary/aromatic N) is 1. The first-order valence-electron chi connectivity index (χ1n) is 6.83. The third-order valence-electron chi connectivity index (χ3n) is 3.35. The molecule has 1 fully saturated rings. The van der Waals surface area contributed by atoms with Crippen LogP contribution in [-0.4, -0.2) is 36.5 Å². The second-order valence-electron chi connectivity index (χ2n) is 6.57. The highest BCUT2D eigenvalue weighted by Crippen LogP contribution is 2.26. The maximum Gasteiger partial charge on any atom is 0.223 e. The molecule has 1 aliphatic heterocycles. The molecular weight excluding hydrogens is 212 g/mol. The zero-order valence-corrected chi connectivity index (χ0v) is 12.0. The third-order valence-corrected chi connectivity index (χ3v) is 3.35. The number of nitrogens with one attached hydrogen (secondary N) is 1. The minimum atomic E-state index is 0.314. The highest BCUT2D eigenvalue weighted by molar-refractivity contribution is 5.77. The van der Waals surface area contributed by atoms with Crippen molar-refractivity contribution in [2.24, 2.45) is 11.3 Å². The molecule has 0 aromatic carbocycles. The summed E-state index contributed by atoms with van der Waals surface area (Å²) >= 11 is 0. The first-order valence-corrected chi connectivity index (χ1v) is 6.83. The molecule has 100 valence electrons. The summed E-state index contributed by atoms with van der Waals surface area (Å²) in [6.45, 7) is 13.7. The topological polar surface area (TPSA) is 32.3 Å². The van der Waals surface area contributed by atoms with Gasteiger partial charge in [-0.15, -0.1) is 0 Å². The fraction of sp³-hybridized carbons (Fsp3) is 0.929. The normalized spacial score (nSPS) is 18.6. The SMILES string of the molecule is CCN(C(=O)CC(C)CC(C)(C)C)C1CNC1. The molecule has 0 aromatic rings. The van der Waals surface area contributed by atoms with Gasteiger partial charge in [0.05, 0.1) is 6.04 Å². The number of hydrogen-bond acceptors (Lipinski definition) is 2. The molecule has 0 aromatic heterocycles. The molecule has 1 saturated heterocycles. The van der Waals surface area contributed by atoms with Gasteiger partial charge in [0.1, 0.15) is 0 Å². The Balaban J connectivity index is 2.41. The molecule has 1 N–H and O–H groups in total. The maximum absolute atomic E-state index is 12.2. The number of hydrogen-bond donors (Lipinski definition) is 1. The highest BCUT2D eigenvalue weighted by Gasteiger charge is 2.28. The summed E-state index contributed by atoms with van der Waals surface area (Å²) in [6.07, 6.45) is 1.81. The number of carbonyl (C=O) groups is 1. The van der Waals surface area contributed by atoms with Crippen molar-refractivity contribution in [3.05, 3.63) is 0 Å². The Labute approximate surface area is 106 Å². The smallest absolute Gasteiger partial charge is 0.223 e. The van der Waals surface area contributed by atoms with Crippen molar-refractivity contribution in [1.29, 1.82) is 0 Å². The molecule has 0 saturated carbocycles. The van der Waals surface area contributed by atoms with E-state index in [-0.39, 0.29) is 0 Å². The molecule has 1 amide bonds. The van der Waals surface area contributed by atoms with Gasteiger partial charge in [-0.25, -0.2) is 0 Å². The van der Waals surface area contributed by atoms with Crippen LogP contribution >= 0.6 is 0 Å². The van der Waals surface area contributed by atoms with Crippen molar-refractivity contribution in [2.45, 2.75) is 53.5 Å². The minimum Gasteiger partial charge on any atom is -0.337 e. The van der Waals surface area contributed by atoms with E-state index < -0.39 is 0 Å². The fourth-order valence-electron chi connectivity index (χ4n) is 2.66. The predicted octanol–water partition coefficient (Wildman–Crippen LogP) is 2.27. The van der Waals surface area contributed by atoms with Gasteiger partial charge in [-0.3, -0.25) is 4.79 Å². The van der Waals surface area contributed by atoms with Gasteiger partial charge in [0.25, 0.3) is 0 Å². The fourth-order valence-corrected chi connectivity index (χ4v) is 2.66. The largest absolute Gasteiger partial charge is 0.337 e. The zero-order valence-electron chi connectivity index (χ0n) is 12.0. The molecule has 0 radical (unpaired) electrons. The molecule has 3 heteroatoms. The summed E-state index contributed by atoms with van der Waals surface area (Å²) in [5, 5.41) is 3.23. The van der Waals surface area contributed by atoms with Crippen LogP contribution in [-0.2, 0) is 4.79 Å². The van der Waals surface area contributed by atoms with Crippen molar-refractivity contribution in [1.82, 2.24) is 10.2 Å².